The third-order valence-corrected chi connectivity index (χ3v) is 6.03. The van der Waals surface area contributed by atoms with Gasteiger partial charge in [-0.15, -0.1) is 0 Å². The number of fused-ring (bicyclic) bond motifs is 2. The highest BCUT2D eigenvalue weighted by Gasteiger charge is 2.50. The van der Waals surface area contributed by atoms with Gasteiger partial charge in [-0.05, 0) is 38.5 Å². The zero-order valence-electron chi connectivity index (χ0n) is 18.2. The van der Waals surface area contributed by atoms with Crippen LogP contribution in [0, 0.1) is 11.8 Å². The molecule has 0 aliphatic carbocycles. The minimum Gasteiger partial charge on any atom is -0.481 e. The SMILES string of the molecule is CCCCCCCNC(=O)CNC(=O)[C@@H]1[C@H](C=CCCCCC(=O)O)[C@@H]2CC[C@H]1O2. The molecule has 3 N–H and O–H groups in total. The Balaban J connectivity index is 1.69. The minimum atomic E-state index is -0.766. The number of amides is 2. The molecular formula is C23H38N2O5. The summed E-state index contributed by atoms with van der Waals surface area (Å²) in [5.74, 6) is -1.24. The van der Waals surface area contributed by atoms with Crippen molar-refractivity contribution < 1.29 is 24.2 Å². The van der Waals surface area contributed by atoms with Crippen molar-refractivity contribution in [1.82, 2.24) is 10.6 Å². The summed E-state index contributed by atoms with van der Waals surface area (Å²) < 4.78 is 5.96. The molecule has 2 fully saturated rings. The topological polar surface area (TPSA) is 105 Å². The van der Waals surface area contributed by atoms with Crippen LogP contribution in [0.3, 0.4) is 0 Å². The molecule has 2 rings (SSSR count). The van der Waals surface area contributed by atoms with Crippen LogP contribution in [-0.2, 0) is 19.1 Å². The molecule has 2 amide bonds. The number of hydrogen-bond acceptors (Lipinski definition) is 4. The molecule has 0 spiro atoms. The van der Waals surface area contributed by atoms with Gasteiger partial charge in [0.2, 0.25) is 11.8 Å². The molecule has 2 aliphatic heterocycles. The lowest BCUT2D eigenvalue weighted by Crippen LogP contribution is -2.44. The van der Waals surface area contributed by atoms with E-state index in [4.69, 9.17) is 9.84 Å². The van der Waals surface area contributed by atoms with E-state index in [2.05, 4.69) is 23.6 Å². The molecule has 7 nitrogen and oxygen atoms in total. The van der Waals surface area contributed by atoms with E-state index < -0.39 is 5.97 Å². The second-order valence-electron chi connectivity index (χ2n) is 8.44. The van der Waals surface area contributed by atoms with E-state index in [-0.39, 0.29) is 48.8 Å². The number of unbranched alkanes of at least 4 members (excludes halogenated alkanes) is 6. The first-order chi connectivity index (χ1) is 14.5. The van der Waals surface area contributed by atoms with E-state index in [0.29, 0.717) is 13.0 Å². The van der Waals surface area contributed by atoms with Gasteiger partial charge in [0.15, 0.2) is 0 Å². The van der Waals surface area contributed by atoms with Crippen molar-refractivity contribution in [1.29, 1.82) is 0 Å². The quantitative estimate of drug-likeness (QED) is 0.278. The van der Waals surface area contributed by atoms with E-state index in [1.165, 1.54) is 19.3 Å². The highest BCUT2D eigenvalue weighted by atomic mass is 16.5. The molecule has 0 saturated carbocycles. The van der Waals surface area contributed by atoms with Gasteiger partial charge in [0.05, 0.1) is 24.7 Å². The Bertz CT molecular complexity index is 592. The molecule has 0 aromatic rings. The van der Waals surface area contributed by atoms with Gasteiger partial charge in [0.25, 0.3) is 0 Å². The first-order valence-corrected chi connectivity index (χ1v) is 11.6. The predicted octanol–water partition coefficient (Wildman–Crippen LogP) is 3.18. The molecular weight excluding hydrogens is 384 g/mol. The van der Waals surface area contributed by atoms with Crippen LogP contribution in [0.2, 0.25) is 0 Å². The van der Waals surface area contributed by atoms with Crippen LogP contribution >= 0.6 is 0 Å². The lowest BCUT2D eigenvalue weighted by atomic mass is 9.78. The number of aliphatic carboxylic acids is 1. The monoisotopic (exact) mass is 422 g/mol. The second kappa shape index (κ2) is 13.4. The predicted molar refractivity (Wildman–Crippen MR) is 115 cm³/mol. The average molecular weight is 423 g/mol. The molecule has 0 aromatic heterocycles. The smallest absolute Gasteiger partial charge is 0.303 e. The summed E-state index contributed by atoms with van der Waals surface area (Å²) in [7, 11) is 0. The number of allylic oxidation sites excluding steroid dienone is 1. The number of ether oxygens (including phenoxy) is 1. The molecule has 2 heterocycles. The number of rotatable bonds is 15. The van der Waals surface area contributed by atoms with Gasteiger partial charge >= 0.3 is 5.97 Å². The van der Waals surface area contributed by atoms with Gasteiger partial charge in [-0.1, -0.05) is 44.8 Å². The van der Waals surface area contributed by atoms with Gasteiger partial charge in [-0.2, -0.15) is 0 Å². The largest absolute Gasteiger partial charge is 0.481 e. The number of nitrogens with one attached hydrogen (secondary N) is 2. The van der Waals surface area contributed by atoms with Crippen LogP contribution in [0.15, 0.2) is 12.2 Å². The molecule has 2 aliphatic rings. The number of carboxylic acids is 1. The molecule has 170 valence electrons. The van der Waals surface area contributed by atoms with Crippen molar-refractivity contribution in [2.24, 2.45) is 11.8 Å². The van der Waals surface area contributed by atoms with E-state index in [1.54, 1.807) is 0 Å². The molecule has 0 aromatic carbocycles. The minimum absolute atomic E-state index is 0.00724. The zero-order valence-corrected chi connectivity index (χ0v) is 18.2. The Hall–Kier alpha value is -1.89. The first-order valence-electron chi connectivity index (χ1n) is 11.6. The van der Waals surface area contributed by atoms with E-state index >= 15 is 0 Å². The molecule has 30 heavy (non-hydrogen) atoms. The standard InChI is InChI=1S/C23H38N2O5/c1-2-3-4-7-10-15-24-20(26)16-25-23(29)22-17(18-13-14-19(22)30-18)11-8-5-6-9-12-21(27)28/h8,11,17-19,22H,2-7,9-10,12-16H2,1H3,(H,24,26)(H,25,29)(H,27,28)/t17-,18+,19-,22-/m1/s1. The summed E-state index contributed by atoms with van der Waals surface area (Å²) in [6.45, 7) is 2.84. The van der Waals surface area contributed by atoms with Gasteiger partial charge < -0.3 is 20.5 Å². The van der Waals surface area contributed by atoms with Gasteiger partial charge in [0, 0.05) is 18.9 Å². The maximum Gasteiger partial charge on any atom is 0.303 e. The Kier molecular flexibility index (Phi) is 10.9. The van der Waals surface area contributed by atoms with Gasteiger partial charge in [-0.25, -0.2) is 0 Å². The lowest BCUT2D eigenvalue weighted by Gasteiger charge is -2.24. The van der Waals surface area contributed by atoms with Crippen LogP contribution in [-0.4, -0.2) is 48.2 Å². The highest BCUT2D eigenvalue weighted by Crippen LogP contribution is 2.44. The fourth-order valence-electron chi connectivity index (χ4n) is 4.40. The van der Waals surface area contributed by atoms with Crippen LogP contribution in [0.25, 0.3) is 0 Å². The van der Waals surface area contributed by atoms with Gasteiger partial charge in [-0.3, -0.25) is 14.4 Å². The normalized spacial score (nSPS) is 25.0. The fraction of sp³-hybridized carbons (Fsp3) is 0.783. The molecule has 0 unspecified atom stereocenters. The first kappa shape index (κ1) is 24.4. The number of carboxylic acid groups (broad SMARTS) is 1. The van der Waals surface area contributed by atoms with Crippen LogP contribution in [0.5, 0.6) is 0 Å². The van der Waals surface area contributed by atoms with Crippen molar-refractivity contribution in [3.8, 4) is 0 Å². The van der Waals surface area contributed by atoms with Crippen LogP contribution < -0.4 is 10.6 Å². The number of hydrogen-bond donors (Lipinski definition) is 3. The Morgan fingerprint density at radius 1 is 1.00 bits per heavy atom. The second-order valence-corrected chi connectivity index (χ2v) is 8.44. The highest BCUT2D eigenvalue weighted by molar-refractivity contribution is 5.86. The van der Waals surface area contributed by atoms with Crippen LogP contribution in [0.1, 0.15) is 77.6 Å². The summed E-state index contributed by atoms with van der Waals surface area (Å²) in [6, 6.07) is 0. The lowest BCUT2D eigenvalue weighted by molar-refractivity contribution is -0.137. The molecule has 4 atom stereocenters. The van der Waals surface area contributed by atoms with Crippen molar-refractivity contribution in [3.05, 3.63) is 12.2 Å². The average Bonchev–Trinajstić information content (AvgIpc) is 3.32. The summed E-state index contributed by atoms with van der Waals surface area (Å²) in [5, 5.41) is 14.3. The fourth-order valence-corrected chi connectivity index (χ4v) is 4.40. The number of carbonyl (C=O) groups is 3. The van der Waals surface area contributed by atoms with Gasteiger partial charge in [0.1, 0.15) is 0 Å². The molecule has 0 radical (unpaired) electrons. The molecule has 7 heteroatoms. The Labute approximate surface area is 180 Å². The Morgan fingerprint density at radius 3 is 2.53 bits per heavy atom. The van der Waals surface area contributed by atoms with E-state index in [9.17, 15) is 14.4 Å². The maximum atomic E-state index is 12.7. The molecule has 2 bridgehead atoms. The zero-order chi connectivity index (χ0) is 21.8. The maximum absolute atomic E-state index is 12.7. The summed E-state index contributed by atoms with van der Waals surface area (Å²) >= 11 is 0. The van der Waals surface area contributed by atoms with Crippen molar-refractivity contribution in [2.75, 3.05) is 13.1 Å². The van der Waals surface area contributed by atoms with E-state index in [1.807, 2.05) is 6.08 Å². The summed E-state index contributed by atoms with van der Waals surface area (Å²) in [6.07, 6.45) is 14.1. The van der Waals surface area contributed by atoms with Crippen molar-refractivity contribution >= 4 is 17.8 Å². The molecule has 2 saturated heterocycles. The third kappa shape index (κ3) is 8.09. The summed E-state index contributed by atoms with van der Waals surface area (Å²) in [5.41, 5.74) is 0. The Morgan fingerprint density at radius 2 is 1.77 bits per heavy atom. The van der Waals surface area contributed by atoms with Crippen molar-refractivity contribution in [3.63, 3.8) is 0 Å². The third-order valence-electron chi connectivity index (χ3n) is 6.03. The number of carbonyl (C=O) groups excluding carboxylic acids is 2. The summed E-state index contributed by atoms with van der Waals surface area (Å²) in [4.78, 5) is 35.3. The van der Waals surface area contributed by atoms with Crippen molar-refractivity contribution in [2.45, 2.75) is 89.8 Å². The van der Waals surface area contributed by atoms with E-state index in [0.717, 1.165) is 38.5 Å². The van der Waals surface area contributed by atoms with Crippen LogP contribution in [0.4, 0.5) is 0 Å².